The van der Waals surface area contributed by atoms with E-state index in [0.29, 0.717) is 0 Å². The Hall–Kier alpha value is -6.58. The minimum Gasteiger partial charge on any atom is -0.311 e. The van der Waals surface area contributed by atoms with Crippen LogP contribution in [0.4, 0.5) is 34.1 Å². The SMILES string of the molecule is Cc1cc2c3c(c1)N(c1ccc(C(C)(C)C)cc1-c1cc(-c4ccccc4)cc(-c4ccccc4)c1)c1cc4c(cc1B3c1cc(C(C)(C)C)ccc1N2c1ccc(C(C)(C)C)cc1)C(C)(C)CCC4(C)C. The first-order valence-corrected chi connectivity index (χ1v) is 26.6. The highest BCUT2D eigenvalue weighted by Crippen LogP contribution is 2.52. The first-order chi connectivity index (χ1) is 34.0. The van der Waals surface area contributed by atoms with Crippen molar-refractivity contribution in [2.24, 2.45) is 0 Å². The molecule has 72 heavy (non-hydrogen) atoms. The van der Waals surface area contributed by atoms with Crippen LogP contribution in [0.3, 0.4) is 0 Å². The van der Waals surface area contributed by atoms with Gasteiger partial charge in [0.15, 0.2) is 0 Å². The number of hydrogen-bond donors (Lipinski definition) is 0. The fraction of sp³-hybridized carbons (Fsp3) is 0.304. The second-order valence-electron chi connectivity index (χ2n) is 25.9. The molecule has 0 fully saturated rings. The third-order valence-electron chi connectivity index (χ3n) is 16.6. The summed E-state index contributed by atoms with van der Waals surface area (Å²) in [6, 6.07) is 63.6. The molecular weight excluding hydrogens is 868 g/mol. The summed E-state index contributed by atoms with van der Waals surface area (Å²) in [5.41, 5.74) is 27.1. The summed E-state index contributed by atoms with van der Waals surface area (Å²) in [5, 5.41) is 0. The number of fused-ring (bicyclic) bond motifs is 5. The topological polar surface area (TPSA) is 6.48 Å². The average Bonchev–Trinajstić information content (AvgIpc) is 3.34. The Kier molecular flexibility index (Phi) is 11.1. The summed E-state index contributed by atoms with van der Waals surface area (Å²) in [6.45, 7) is 33.3. The van der Waals surface area contributed by atoms with E-state index in [1.807, 2.05) is 0 Å². The van der Waals surface area contributed by atoms with Crippen molar-refractivity contribution in [3.05, 3.63) is 197 Å². The monoisotopic (exact) mass is 941 g/mol. The van der Waals surface area contributed by atoms with Crippen LogP contribution in [-0.2, 0) is 27.1 Å². The molecule has 0 atom stereocenters. The number of anilines is 6. The third-order valence-corrected chi connectivity index (χ3v) is 16.6. The van der Waals surface area contributed by atoms with E-state index in [2.05, 4.69) is 271 Å². The molecule has 0 bridgehead atoms. The lowest BCUT2D eigenvalue weighted by Gasteiger charge is -2.48. The predicted octanol–water partition coefficient (Wildman–Crippen LogP) is 17.3. The van der Waals surface area contributed by atoms with Gasteiger partial charge in [-0.1, -0.05) is 187 Å². The van der Waals surface area contributed by atoms with Gasteiger partial charge in [0.2, 0.25) is 0 Å². The molecule has 0 spiro atoms. The lowest BCUT2D eigenvalue weighted by molar-refractivity contribution is 0.332. The summed E-state index contributed by atoms with van der Waals surface area (Å²) < 4.78 is 0. The van der Waals surface area contributed by atoms with E-state index in [1.54, 1.807) is 0 Å². The van der Waals surface area contributed by atoms with E-state index >= 15 is 0 Å². The Morgan fingerprint density at radius 1 is 0.389 bits per heavy atom. The Morgan fingerprint density at radius 3 is 1.39 bits per heavy atom. The Bertz CT molecular complexity index is 3350. The van der Waals surface area contributed by atoms with E-state index < -0.39 is 0 Å². The molecule has 0 saturated carbocycles. The average molecular weight is 941 g/mol. The lowest BCUT2D eigenvalue weighted by atomic mass is 9.33. The van der Waals surface area contributed by atoms with Crippen molar-refractivity contribution in [1.82, 2.24) is 0 Å². The standard InChI is InChI=1S/C69H73BN2/c1-44-35-62-64-63(36-44)72(59-31-27-51(66(5,6)7)40-54(59)49-38-47(45-21-17-15-18-22-45)37-48(39-49)46-23-19-16-20-24-46)61-43-56-55(68(11,12)33-34-69(56,13)14)42-58(61)70(64)57-41-52(67(8,9)10)28-32-60(57)71(62)53-29-25-50(26-30-53)65(2,3)4/h15-32,35-43H,33-34H2,1-14H3. The minimum absolute atomic E-state index is 0.0109. The molecule has 3 aliphatic rings. The highest BCUT2D eigenvalue weighted by atomic mass is 15.2. The molecule has 11 rings (SSSR count). The third kappa shape index (κ3) is 8.12. The van der Waals surface area contributed by atoms with Gasteiger partial charge in [0.1, 0.15) is 0 Å². The van der Waals surface area contributed by atoms with E-state index in [0.717, 1.165) is 12.8 Å². The molecule has 8 aromatic rings. The number of rotatable bonds is 5. The lowest BCUT2D eigenvalue weighted by Crippen LogP contribution is -2.62. The number of hydrogen-bond acceptors (Lipinski definition) is 2. The zero-order chi connectivity index (χ0) is 50.9. The van der Waals surface area contributed by atoms with Crippen molar-refractivity contribution >= 4 is 57.2 Å². The van der Waals surface area contributed by atoms with Crippen LogP contribution in [0.25, 0.3) is 33.4 Å². The van der Waals surface area contributed by atoms with Gasteiger partial charge in [-0.2, -0.15) is 0 Å². The van der Waals surface area contributed by atoms with Gasteiger partial charge < -0.3 is 9.80 Å². The predicted molar refractivity (Wildman–Crippen MR) is 313 cm³/mol. The quantitative estimate of drug-likeness (QED) is 0.159. The summed E-state index contributed by atoms with van der Waals surface area (Å²) >= 11 is 0. The zero-order valence-corrected chi connectivity index (χ0v) is 45.5. The molecule has 1 aliphatic carbocycles. The smallest absolute Gasteiger partial charge is 0.252 e. The summed E-state index contributed by atoms with van der Waals surface area (Å²) in [5.74, 6) is 0. The van der Waals surface area contributed by atoms with Crippen LogP contribution in [0.15, 0.2) is 164 Å². The van der Waals surface area contributed by atoms with Crippen LogP contribution in [0, 0.1) is 6.92 Å². The molecular formula is C69H73BN2. The van der Waals surface area contributed by atoms with Crippen LogP contribution in [0.2, 0.25) is 0 Å². The van der Waals surface area contributed by atoms with E-state index in [-0.39, 0.29) is 33.8 Å². The Morgan fingerprint density at radius 2 is 0.847 bits per heavy atom. The van der Waals surface area contributed by atoms with Crippen LogP contribution < -0.4 is 26.2 Å². The van der Waals surface area contributed by atoms with Gasteiger partial charge in [0, 0.05) is 34.0 Å². The largest absolute Gasteiger partial charge is 0.311 e. The van der Waals surface area contributed by atoms with E-state index in [9.17, 15) is 0 Å². The first kappa shape index (κ1) is 47.7. The number of benzene rings is 8. The van der Waals surface area contributed by atoms with Crippen molar-refractivity contribution in [3.63, 3.8) is 0 Å². The number of nitrogens with zero attached hydrogens (tertiary/aromatic N) is 2. The highest BCUT2D eigenvalue weighted by Gasteiger charge is 2.47. The summed E-state index contributed by atoms with van der Waals surface area (Å²) in [7, 11) is 0. The van der Waals surface area contributed by atoms with Gasteiger partial charge in [0.05, 0.1) is 5.69 Å². The molecule has 362 valence electrons. The second-order valence-corrected chi connectivity index (χ2v) is 25.9. The molecule has 3 heteroatoms. The van der Waals surface area contributed by atoms with Crippen molar-refractivity contribution in [2.75, 3.05) is 9.80 Å². The van der Waals surface area contributed by atoms with E-state index in [1.165, 1.54) is 117 Å². The van der Waals surface area contributed by atoms with Crippen molar-refractivity contribution in [3.8, 4) is 33.4 Å². The molecule has 0 unspecified atom stereocenters. The maximum atomic E-state index is 2.70. The first-order valence-electron chi connectivity index (χ1n) is 26.6. The van der Waals surface area contributed by atoms with Crippen LogP contribution in [0.1, 0.15) is 136 Å². The molecule has 0 N–H and O–H groups in total. The van der Waals surface area contributed by atoms with Crippen LogP contribution >= 0.6 is 0 Å². The van der Waals surface area contributed by atoms with Crippen LogP contribution in [0.5, 0.6) is 0 Å². The molecule has 0 radical (unpaired) electrons. The van der Waals surface area contributed by atoms with E-state index in [4.69, 9.17) is 0 Å². The van der Waals surface area contributed by atoms with Crippen molar-refractivity contribution in [1.29, 1.82) is 0 Å². The Balaban J connectivity index is 1.27. The number of aryl methyl sites for hydroxylation is 1. The van der Waals surface area contributed by atoms with Gasteiger partial charge in [-0.25, -0.2) is 0 Å². The molecule has 0 saturated heterocycles. The summed E-state index contributed by atoms with van der Waals surface area (Å²) in [4.78, 5) is 5.29. The molecule has 2 nitrogen and oxygen atoms in total. The summed E-state index contributed by atoms with van der Waals surface area (Å²) in [6.07, 6.45) is 2.31. The van der Waals surface area contributed by atoms with Gasteiger partial charge in [0.25, 0.3) is 6.71 Å². The Labute approximate surface area is 432 Å². The van der Waals surface area contributed by atoms with Crippen molar-refractivity contribution < 1.29 is 0 Å². The highest BCUT2D eigenvalue weighted by molar-refractivity contribution is 7.00. The fourth-order valence-corrected chi connectivity index (χ4v) is 12.1. The van der Waals surface area contributed by atoms with Gasteiger partial charge >= 0.3 is 0 Å². The molecule has 0 aromatic heterocycles. The maximum absolute atomic E-state index is 2.70. The molecule has 0 amide bonds. The van der Waals surface area contributed by atoms with Gasteiger partial charge in [-0.05, 0) is 191 Å². The van der Waals surface area contributed by atoms with Gasteiger partial charge in [-0.3, -0.25) is 0 Å². The van der Waals surface area contributed by atoms with Crippen LogP contribution in [-0.4, -0.2) is 6.71 Å². The zero-order valence-electron chi connectivity index (χ0n) is 45.5. The van der Waals surface area contributed by atoms with Crippen molar-refractivity contribution in [2.45, 2.75) is 137 Å². The second kappa shape index (κ2) is 16.7. The minimum atomic E-state index is -0.0772. The van der Waals surface area contributed by atoms with Gasteiger partial charge in [-0.15, -0.1) is 0 Å². The molecule has 8 aromatic carbocycles. The molecule has 2 aliphatic heterocycles. The molecule has 2 heterocycles. The maximum Gasteiger partial charge on any atom is 0.252 e. The normalized spacial score (nSPS) is 15.7. The fourth-order valence-electron chi connectivity index (χ4n) is 12.1.